The highest BCUT2D eigenvalue weighted by Gasteiger charge is 2.21. The van der Waals surface area contributed by atoms with Crippen molar-refractivity contribution in [3.8, 4) is 0 Å². The molecule has 2 atom stereocenters. The topological polar surface area (TPSA) is 15.3 Å². The molecule has 1 N–H and O–H groups in total. The molecular formula is C11H22N2. The van der Waals surface area contributed by atoms with Crippen molar-refractivity contribution in [1.29, 1.82) is 0 Å². The SMILES string of the molecule is C[C@@H]1CCCN(C[C@@H]2CCNC2)C1. The Morgan fingerprint density at radius 3 is 3.00 bits per heavy atom. The second kappa shape index (κ2) is 4.43. The van der Waals surface area contributed by atoms with Crippen LogP contribution in [0.5, 0.6) is 0 Å². The van der Waals surface area contributed by atoms with Crippen LogP contribution in [0.25, 0.3) is 0 Å². The third-order valence-electron chi connectivity index (χ3n) is 3.42. The molecule has 2 fully saturated rings. The van der Waals surface area contributed by atoms with Crippen LogP contribution in [-0.4, -0.2) is 37.6 Å². The van der Waals surface area contributed by atoms with Gasteiger partial charge in [-0.25, -0.2) is 0 Å². The van der Waals surface area contributed by atoms with Gasteiger partial charge in [0.1, 0.15) is 0 Å². The summed E-state index contributed by atoms with van der Waals surface area (Å²) in [5, 5.41) is 3.45. The van der Waals surface area contributed by atoms with E-state index in [1.165, 1.54) is 52.0 Å². The molecule has 2 saturated heterocycles. The van der Waals surface area contributed by atoms with E-state index in [9.17, 15) is 0 Å². The summed E-state index contributed by atoms with van der Waals surface area (Å²) in [5.41, 5.74) is 0. The number of rotatable bonds is 2. The van der Waals surface area contributed by atoms with Crippen molar-refractivity contribution in [2.45, 2.75) is 26.2 Å². The largest absolute Gasteiger partial charge is 0.316 e. The molecule has 2 rings (SSSR count). The molecule has 0 aromatic rings. The Hall–Kier alpha value is -0.0800. The average molecular weight is 182 g/mol. The lowest BCUT2D eigenvalue weighted by atomic mass is 9.98. The Morgan fingerprint density at radius 2 is 2.31 bits per heavy atom. The van der Waals surface area contributed by atoms with Gasteiger partial charge >= 0.3 is 0 Å². The number of piperidine rings is 1. The second-order valence-corrected chi connectivity index (χ2v) is 4.87. The van der Waals surface area contributed by atoms with E-state index in [1.54, 1.807) is 0 Å². The van der Waals surface area contributed by atoms with Crippen molar-refractivity contribution in [1.82, 2.24) is 10.2 Å². The summed E-state index contributed by atoms with van der Waals surface area (Å²) in [6.07, 6.45) is 4.26. The van der Waals surface area contributed by atoms with Crippen molar-refractivity contribution in [3.05, 3.63) is 0 Å². The zero-order chi connectivity index (χ0) is 9.10. The van der Waals surface area contributed by atoms with E-state index in [1.807, 2.05) is 0 Å². The van der Waals surface area contributed by atoms with E-state index in [0.717, 1.165) is 11.8 Å². The highest BCUT2D eigenvalue weighted by atomic mass is 15.1. The zero-order valence-corrected chi connectivity index (χ0v) is 8.76. The molecule has 0 saturated carbocycles. The molecule has 2 aliphatic rings. The first kappa shape index (κ1) is 9.47. The van der Waals surface area contributed by atoms with E-state index < -0.39 is 0 Å². The lowest BCUT2D eigenvalue weighted by molar-refractivity contribution is 0.163. The molecular weight excluding hydrogens is 160 g/mol. The van der Waals surface area contributed by atoms with E-state index in [-0.39, 0.29) is 0 Å². The molecule has 0 aromatic carbocycles. The maximum atomic E-state index is 3.45. The van der Waals surface area contributed by atoms with Gasteiger partial charge in [-0.3, -0.25) is 0 Å². The number of hydrogen-bond donors (Lipinski definition) is 1. The summed E-state index contributed by atoms with van der Waals surface area (Å²) in [6.45, 7) is 8.92. The number of nitrogens with zero attached hydrogens (tertiary/aromatic N) is 1. The van der Waals surface area contributed by atoms with Crippen molar-refractivity contribution in [3.63, 3.8) is 0 Å². The summed E-state index contributed by atoms with van der Waals surface area (Å²) in [7, 11) is 0. The molecule has 13 heavy (non-hydrogen) atoms. The Labute approximate surface area is 81.7 Å². The van der Waals surface area contributed by atoms with Crippen LogP contribution in [0.2, 0.25) is 0 Å². The maximum Gasteiger partial charge on any atom is 0.00224 e. The van der Waals surface area contributed by atoms with Crippen LogP contribution in [0.4, 0.5) is 0 Å². The van der Waals surface area contributed by atoms with Crippen molar-refractivity contribution in [2.24, 2.45) is 11.8 Å². The van der Waals surface area contributed by atoms with E-state index in [0.29, 0.717) is 0 Å². The van der Waals surface area contributed by atoms with Gasteiger partial charge in [0.05, 0.1) is 0 Å². The molecule has 2 nitrogen and oxygen atoms in total. The lowest BCUT2D eigenvalue weighted by Crippen LogP contribution is -2.38. The monoisotopic (exact) mass is 182 g/mol. The van der Waals surface area contributed by atoms with Gasteiger partial charge in [-0.1, -0.05) is 6.92 Å². The van der Waals surface area contributed by atoms with Gasteiger partial charge in [0.2, 0.25) is 0 Å². The summed E-state index contributed by atoms with van der Waals surface area (Å²) < 4.78 is 0. The zero-order valence-electron chi connectivity index (χ0n) is 8.76. The summed E-state index contributed by atoms with van der Waals surface area (Å²) >= 11 is 0. The van der Waals surface area contributed by atoms with Gasteiger partial charge in [0.15, 0.2) is 0 Å². The van der Waals surface area contributed by atoms with Gasteiger partial charge in [-0.15, -0.1) is 0 Å². The highest BCUT2D eigenvalue weighted by molar-refractivity contribution is 4.77. The molecule has 2 aliphatic heterocycles. The molecule has 2 heteroatoms. The van der Waals surface area contributed by atoms with Crippen LogP contribution in [0.15, 0.2) is 0 Å². The lowest BCUT2D eigenvalue weighted by Gasteiger charge is -2.32. The molecule has 0 spiro atoms. The molecule has 76 valence electrons. The van der Waals surface area contributed by atoms with Crippen LogP contribution in [0.1, 0.15) is 26.2 Å². The van der Waals surface area contributed by atoms with Crippen LogP contribution in [0.3, 0.4) is 0 Å². The number of nitrogens with one attached hydrogen (secondary N) is 1. The third kappa shape index (κ3) is 2.68. The highest BCUT2D eigenvalue weighted by Crippen LogP contribution is 2.18. The minimum absolute atomic E-state index is 0.933. The molecule has 0 unspecified atom stereocenters. The summed E-state index contributed by atoms with van der Waals surface area (Å²) in [5.74, 6) is 1.87. The minimum atomic E-state index is 0.933. The average Bonchev–Trinajstić information content (AvgIpc) is 2.57. The minimum Gasteiger partial charge on any atom is -0.316 e. The summed E-state index contributed by atoms with van der Waals surface area (Å²) in [6, 6.07) is 0. The Kier molecular flexibility index (Phi) is 3.23. The predicted molar refractivity (Wildman–Crippen MR) is 55.8 cm³/mol. The Balaban J connectivity index is 1.73. The molecule has 0 amide bonds. The third-order valence-corrected chi connectivity index (χ3v) is 3.42. The smallest absolute Gasteiger partial charge is 0.00224 e. The number of hydrogen-bond acceptors (Lipinski definition) is 2. The van der Waals surface area contributed by atoms with Crippen molar-refractivity contribution in [2.75, 3.05) is 32.7 Å². The van der Waals surface area contributed by atoms with Gasteiger partial charge in [-0.05, 0) is 50.7 Å². The van der Waals surface area contributed by atoms with Gasteiger partial charge < -0.3 is 10.2 Å². The first-order valence-corrected chi connectivity index (χ1v) is 5.77. The predicted octanol–water partition coefficient (Wildman–Crippen LogP) is 1.33. The van der Waals surface area contributed by atoms with Gasteiger partial charge in [0, 0.05) is 13.1 Å². The number of likely N-dealkylation sites (tertiary alicyclic amines) is 1. The van der Waals surface area contributed by atoms with E-state index in [2.05, 4.69) is 17.1 Å². The molecule has 2 heterocycles. The quantitative estimate of drug-likeness (QED) is 0.693. The molecule has 0 aromatic heterocycles. The fourth-order valence-electron chi connectivity index (χ4n) is 2.69. The van der Waals surface area contributed by atoms with Crippen LogP contribution < -0.4 is 5.32 Å². The first-order chi connectivity index (χ1) is 6.34. The maximum absolute atomic E-state index is 3.45. The van der Waals surface area contributed by atoms with Crippen LogP contribution >= 0.6 is 0 Å². The normalized spacial score (nSPS) is 36.7. The Bertz CT molecular complexity index is 152. The van der Waals surface area contributed by atoms with Crippen molar-refractivity contribution >= 4 is 0 Å². The van der Waals surface area contributed by atoms with Gasteiger partial charge in [-0.2, -0.15) is 0 Å². The van der Waals surface area contributed by atoms with E-state index in [4.69, 9.17) is 0 Å². The Morgan fingerprint density at radius 1 is 1.38 bits per heavy atom. The van der Waals surface area contributed by atoms with Crippen LogP contribution in [-0.2, 0) is 0 Å². The van der Waals surface area contributed by atoms with Crippen LogP contribution in [0, 0.1) is 11.8 Å². The summed E-state index contributed by atoms with van der Waals surface area (Å²) in [4.78, 5) is 2.67. The molecule has 0 bridgehead atoms. The fraction of sp³-hybridized carbons (Fsp3) is 1.00. The second-order valence-electron chi connectivity index (χ2n) is 4.87. The van der Waals surface area contributed by atoms with Gasteiger partial charge in [0.25, 0.3) is 0 Å². The molecule has 0 aliphatic carbocycles. The fourth-order valence-corrected chi connectivity index (χ4v) is 2.69. The van der Waals surface area contributed by atoms with Crippen molar-refractivity contribution < 1.29 is 0 Å². The first-order valence-electron chi connectivity index (χ1n) is 5.77. The standard InChI is InChI=1S/C11H22N2/c1-10-3-2-6-13(8-10)9-11-4-5-12-7-11/h10-12H,2-9H2,1H3/t10-,11-/m1/s1. The molecule has 0 radical (unpaired) electrons. The van der Waals surface area contributed by atoms with E-state index >= 15 is 0 Å².